The molecule has 22 heavy (non-hydrogen) atoms. The summed E-state index contributed by atoms with van der Waals surface area (Å²) in [6.45, 7) is 9.74. The fourth-order valence-corrected chi connectivity index (χ4v) is 3.10. The van der Waals surface area contributed by atoms with E-state index in [-0.39, 0.29) is 0 Å². The van der Waals surface area contributed by atoms with Crippen LogP contribution in [0.15, 0.2) is 18.2 Å². The minimum absolute atomic E-state index is 0.375. The quantitative estimate of drug-likeness (QED) is 0.869. The van der Waals surface area contributed by atoms with Crippen LogP contribution in [0.5, 0.6) is 5.75 Å². The summed E-state index contributed by atoms with van der Waals surface area (Å²) in [5.74, 6) is 1.35. The van der Waals surface area contributed by atoms with E-state index in [0.717, 1.165) is 25.4 Å². The second-order valence-corrected chi connectivity index (χ2v) is 6.88. The van der Waals surface area contributed by atoms with Crippen molar-refractivity contribution in [1.82, 2.24) is 4.90 Å². The van der Waals surface area contributed by atoms with Crippen LogP contribution < -0.4 is 4.74 Å². The molecule has 0 saturated carbocycles. The Morgan fingerprint density at radius 3 is 2.45 bits per heavy atom. The van der Waals surface area contributed by atoms with Crippen molar-refractivity contribution in [3.8, 4) is 5.75 Å². The van der Waals surface area contributed by atoms with Crippen LogP contribution in [0.25, 0.3) is 0 Å². The number of β-amino-alcohol motifs (C(OH)–C–C–N with tert-alkyl or cyclic N) is 1. The molecule has 1 fully saturated rings. The highest BCUT2D eigenvalue weighted by atomic mass is 16.5. The van der Waals surface area contributed by atoms with Gasteiger partial charge in [-0.1, -0.05) is 38.8 Å². The first-order valence-electron chi connectivity index (χ1n) is 8.70. The van der Waals surface area contributed by atoms with Crippen LogP contribution in [0, 0.1) is 6.92 Å². The van der Waals surface area contributed by atoms with Gasteiger partial charge in [0.05, 0.1) is 0 Å². The third kappa shape index (κ3) is 5.29. The Bertz CT molecular complexity index is 451. The molecule has 0 spiro atoms. The smallest absolute Gasteiger partial charge is 0.123 e. The van der Waals surface area contributed by atoms with Crippen molar-refractivity contribution in [2.45, 2.75) is 58.5 Å². The summed E-state index contributed by atoms with van der Waals surface area (Å²) in [6.07, 6.45) is 4.74. The van der Waals surface area contributed by atoms with Crippen molar-refractivity contribution in [2.75, 3.05) is 26.2 Å². The van der Waals surface area contributed by atoms with Crippen LogP contribution in [0.4, 0.5) is 0 Å². The predicted octanol–water partition coefficient (Wildman–Crippen LogP) is 3.73. The molecule has 0 unspecified atom stereocenters. The third-order valence-electron chi connectivity index (χ3n) is 4.39. The van der Waals surface area contributed by atoms with Gasteiger partial charge >= 0.3 is 0 Å². The molecule has 1 N–H and O–H groups in total. The van der Waals surface area contributed by atoms with Gasteiger partial charge in [-0.15, -0.1) is 0 Å². The zero-order valence-electron chi connectivity index (χ0n) is 14.3. The molecule has 0 aromatic heterocycles. The second-order valence-electron chi connectivity index (χ2n) is 6.88. The average Bonchev–Trinajstić information content (AvgIpc) is 2.73. The van der Waals surface area contributed by atoms with Gasteiger partial charge in [-0.05, 0) is 56.0 Å². The largest absolute Gasteiger partial charge is 0.491 e. The summed E-state index contributed by atoms with van der Waals surface area (Å²) in [7, 11) is 0. The molecule has 1 heterocycles. The molecule has 1 aliphatic heterocycles. The van der Waals surface area contributed by atoms with E-state index in [1.54, 1.807) is 0 Å². The summed E-state index contributed by atoms with van der Waals surface area (Å²) in [4.78, 5) is 2.38. The van der Waals surface area contributed by atoms with Gasteiger partial charge in [-0.2, -0.15) is 0 Å². The number of benzene rings is 1. The van der Waals surface area contributed by atoms with Crippen LogP contribution in [-0.2, 0) is 0 Å². The summed E-state index contributed by atoms with van der Waals surface area (Å²) in [5, 5.41) is 10.3. The first kappa shape index (κ1) is 17.3. The lowest BCUT2D eigenvalue weighted by molar-refractivity contribution is 0.0689. The molecule has 1 atom stereocenters. The van der Waals surface area contributed by atoms with Crippen molar-refractivity contribution in [3.05, 3.63) is 29.3 Å². The number of nitrogens with zero attached hydrogens (tertiary/aromatic N) is 1. The minimum Gasteiger partial charge on any atom is -0.491 e. The van der Waals surface area contributed by atoms with Crippen LogP contribution >= 0.6 is 0 Å². The number of hydrogen-bond acceptors (Lipinski definition) is 3. The number of ether oxygens (including phenoxy) is 1. The highest BCUT2D eigenvalue weighted by Gasteiger charge is 2.15. The van der Waals surface area contributed by atoms with Crippen LogP contribution in [0.2, 0.25) is 0 Å². The van der Waals surface area contributed by atoms with E-state index in [2.05, 4.69) is 43.9 Å². The highest BCUT2D eigenvalue weighted by molar-refractivity contribution is 5.39. The first-order valence-corrected chi connectivity index (χ1v) is 8.70. The normalized spacial score (nSPS) is 18.2. The lowest BCUT2D eigenvalue weighted by Gasteiger charge is -2.24. The van der Waals surface area contributed by atoms with E-state index in [1.807, 2.05) is 0 Å². The van der Waals surface area contributed by atoms with E-state index in [1.165, 1.54) is 36.8 Å². The Labute approximate surface area is 135 Å². The van der Waals surface area contributed by atoms with Crippen LogP contribution in [-0.4, -0.2) is 42.4 Å². The van der Waals surface area contributed by atoms with Gasteiger partial charge in [0.2, 0.25) is 0 Å². The summed E-state index contributed by atoms with van der Waals surface area (Å²) in [6, 6.07) is 6.33. The lowest BCUT2D eigenvalue weighted by atomic mass is 10.0. The first-order chi connectivity index (χ1) is 10.6. The summed E-state index contributed by atoms with van der Waals surface area (Å²) >= 11 is 0. The maximum Gasteiger partial charge on any atom is 0.123 e. The molecule has 2 rings (SSSR count). The van der Waals surface area contributed by atoms with Crippen molar-refractivity contribution in [1.29, 1.82) is 0 Å². The molecule has 1 aliphatic rings. The zero-order chi connectivity index (χ0) is 15.9. The monoisotopic (exact) mass is 305 g/mol. The van der Waals surface area contributed by atoms with E-state index >= 15 is 0 Å². The Balaban J connectivity index is 1.87. The van der Waals surface area contributed by atoms with Crippen molar-refractivity contribution < 1.29 is 9.84 Å². The molecular weight excluding hydrogens is 274 g/mol. The zero-order valence-corrected chi connectivity index (χ0v) is 14.3. The average molecular weight is 305 g/mol. The number of rotatable bonds is 6. The van der Waals surface area contributed by atoms with Gasteiger partial charge < -0.3 is 14.7 Å². The Morgan fingerprint density at radius 1 is 1.14 bits per heavy atom. The molecule has 0 radical (unpaired) electrons. The van der Waals surface area contributed by atoms with E-state index < -0.39 is 6.10 Å². The van der Waals surface area contributed by atoms with Gasteiger partial charge in [-0.25, -0.2) is 0 Å². The lowest BCUT2D eigenvalue weighted by Crippen LogP contribution is -2.36. The van der Waals surface area contributed by atoms with Gasteiger partial charge in [0.25, 0.3) is 0 Å². The molecule has 124 valence electrons. The molecule has 1 saturated heterocycles. The Kier molecular flexibility index (Phi) is 6.71. The maximum absolute atomic E-state index is 10.3. The number of hydrogen-bond donors (Lipinski definition) is 1. The number of likely N-dealkylation sites (tertiary alicyclic amines) is 1. The van der Waals surface area contributed by atoms with E-state index in [0.29, 0.717) is 12.5 Å². The van der Waals surface area contributed by atoms with Gasteiger partial charge in [0.1, 0.15) is 18.5 Å². The number of aryl methyl sites for hydroxylation is 1. The second kappa shape index (κ2) is 8.54. The molecule has 0 amide bonds. The standard InChI is InChI=1S/C19H31NO2/c1-15(2)18-9-8-16(3)12-19(18)22-14-17(21)13-20-10-6-4-5-7-11-20/h8-9,12,15,17,21H,4-7,10-11,13-14H2,1-3H3/t17-/m1/s1. The predicted molar refractivity (Wildman–Crippen MR) is 91.7 cm³/mol. The molecule has 3 heteroatoms. The number of aliphatic hydroxyl groups excluding tert-OH is 1. The van der Waals surface area contributed by atoms with Gasteiger partial charge in [0, 0.05) is 6.54 Å². The van der Waals surface area contributed by atoms with Gasteiger partial charge in [0.15, 0.2) is 0 Å². The molecule has 1 aromatic carbocycles. The highest BCUT2D eigenvalue weighted by Crippen LogP contribution is 2.27. The topological polar surface area (TPSA) is 32.7 Å². The number of aliphatic hydroxyl groups is 1. The molecule has 3 nitrogen and oxygen atoms in total. The third-order valence-corrected chi connectivity index (χ3v) is 4.39. The fraction of sp³-hybridized carbons (Fsp3) is 0.684. The Morgan fingerprint density at radius 2 is 1.82 bits per heavy atom. The maximum atomic E-state index is 10.3. The van der Waals surface area contributed by atoms with E-state index in [9.17, 15) is 5.11 Å². The molecule has 0 bridgehead atoms. The summed E-state index contributed by atoms with van der Waals surface area (Å²) in [5.41, 5.74) is 2.41. The SMILES string of the molecule is Cc1ccc(C(C)C)c(OC[C@H](O)CN2CCCCCC2)c1. The Hall–Kier alpha value is -1.06. The van der Waals surface area contributed by atoms with E-state index in [4.69, 9.17) is 4.74 Å². The molecule has 0 aliphatic carbocycles. The van der Waals surface area contributed by atoms with Gasteiger partial charge in [-0.3, -0.25) is 0 Å². The molecule has 1 aromatic rings. The van der Waals surface area contributed by atoms with Crippen molar-refractivity contribution >= 4 is 0 Å². The fourth-order valence-electron chi connectivity index (χ4n) is 3.10. The van der Waals surface area contributed by atoms with Crippen LogP contribution in [0.3, 0.4) is 0 Å². The minimum atomic E-state index is -0.418. The van der Waals surface area contributed by atoms with Crippen molar-refractivity contribution in [3.63, 3.8) is 0 Å². The summed E-state index contributed by atoms with van der Waals surface area (Å²) < 4.78 is 5.94. The molecular formula is C19H31NO2. The van der Waals surface area contributed by atoms with Crippen LogP contribution in [0.1, 0.15) is 56.6 Å². The van der Waals surface area contributed by atoms with Crippen molar-refractivity contribution in [2.24, 2.45) is 0 Å².